The van der Waals surface area contributed by atoms with E-state index in [0.29, 0.717) is 16.4 Å². The summed E-state index contributed by atoms with van der Waals surface area (Å²) in [5.41, 5.74) is 1.74. The number of aromatic nitrogens is 1. The monoisotopic (exact) mass is 480 g/mol. The molecule has 2 aromatic carbocycles. The van der Waals surface area contributed by atoms with E-state index in [1.165, 1.54) is 29.7 Å². The van der Waals surface area contributed by atoms with Crippen molar-refractivity contribution >= 4 is 48.2 Å². The number of carbonyl (C=O) groups is 1. The van der Waals surface area contributed by atoms with E-state index in [9.17, 15) is 13.2 Å². The van der Waals surface area contributed by atoms with Gasteiger partial charge in [0.1, 0.15) is 12.4 Å². The standard InChI is InChI=1S/C19H17BrN2O4S2/c1-13-10-16(4-7-18(13)20)26-12-15(23)11-14-2-5-17(6-3-14)28(24,25)22-19-21-8-9-27-19/h2-10H,11-12H2,1H3,(H,21,22). The second kappa shape index (κ2) is 8.85. The summed E-state index contributed by atoms with van der Waals surface area (Å²) in [5.74, 6) is 0.529. The van der Waals surface area contributed by atoms with Crippen LogP contribution in [0.4, 0.5) is 5.13 Å². The van der Waals surface area contributed by atoms with Gasteiger partial charge in [-0.2, -0.15) is 0 Å². The number of nitrogens with one attached hydrogen (secondary N) is 1. The summed E-state index contributed by atoms with van der Waals surface area (Å²) in [5, 5.41) is 1.99. The van der Waals surface area contributed by atoms with Gasteiger partial charge >= 0.3 is 0 Å². The number of benzene rings is 2. The molecule has 0 bridgehead atoms. The number of sulfonamides is 1. The van der Waals surface area contributed by atoms with Crippen LogP contribution in [0, 0.1) is 6.92 Å². The second-order valence-corrected chi connectivity index (χ2v) is 9.43. The first kappa shape index (κ1) is 20.5. The van der Waals surface area contributed by atoms with E-state index in [4.69, 9.17) is 4.74 Å². The highest BCUT2D eigenvalue weighted by Gasteiger charge is 2.15. The summed E-state index contributed by atoms with van der Waals surface area (Å²) in [4.78, 5) is 16.2. The lowest BCUT2D eigenvalue weighted by Crippen LogP contribution is -2.15. The minimum Gasteiger partial charge on any atom is -0.486 e. The number of nitrogens with zero attached hydrogens (tertiary/aromatic N) is 1. The Morgan fingerprint density at radius 2 is 1.96 bits per heavy atom. The normalized spacial score (nSPS) is 11.2. The number of anilines is 1. The van der Waals surface area contributed by atoms with Crippen molar-refractivity contribution in [3.05, 3.63) is 69.6 Å². The number of carbonyl (C=O) groups excluding carboxylic acids is 1. The first-order chi connectivity index (χ1) is 13.3. The lowest BCUT2D eigenvalue weighted by molar-refractivity contribution is -0.120. The number of halogens is 1. The van der Waals surface area contributed by atoms with Crippen molar-refractivity contribution in [2.45, 2.75) is 18.2 Å². The summed E-state index contributed by atoms with van der Waals surface area (Å²) in [6, 6.07) is 11.7. The molecule has 0 amide bonds. The number of ether oxygens (including phenoxy) is 1. The highest BCUT2D eigenvalue weighted by Crippen LogP contribution is 2.22. The number of hydrogen-bond donors (Lipinski definition) is 1. The molecule has 3 rings (SSSR count). The number of ketones is 1. The van der Waals surface area contributed by atoms with Crippen molar-refractivity contribution in [1.82, 2.24) is 4.98 Å². The zero-order valence-corrected chi connectivity index (χ0v) is 18.1. The van der Waals surface area contributed by atoms with E-state index in [1.807, 2.05) is 19.1 Å². The predicted octanol–water partition coefficient (Wildman–Crippen LogP) is 4.21. The van der Waals surface area contributed by atoms with Crippen molar-refractivity contribution in [2.24, 2.45) is 0 Å². The quantitative estimate of drug-likeness (QED) is 0.521. The molecule has 0 atom stereocenters. The zero-order chi connectivity index (χ0) is 20.1. The Hall–Kier alpha value is -2.23. The molecule has 6 nitrogen and oxygen atoms in total. The maximum Gasteiger partial charge on any atom is 0.263 e. The molecular formula is C19H17BrN2O4S2. The van der Waals surface area contributed by atoms with Gasteiger partial charge in [0.15, 0.2) is 10.9 Å². The molecule has 0 aliphatic heterocycles. The van der Waals surface area contributed by atoms with Gasteiger partial charge in [0.2, 0.25) is 0 Å². The van der Waals surface area contributed by atoms with E-state index in [2.05, 4.69) is 25.6 Å². The maximum absolute atomic E-state index is 12.3. The summed E-state index contributed by atoms with van der Waals surface area (Å²) < 4.78 is 33.5. The Bertz CT molecular complexity index is 1070. The summed E-state index contributed by atoms with van der Waals surface area (Å²) in [6.45, 7) is 1.89. The SMILES string of the molecule is Cc1cc(OCC(=O)Cc2ccc(S(=O)(=O)Nc3nccs3)cc2)ccc1Br. The third-order valence-electron chi connectivity index (χ3n) is 3.82. The van der Waals surface area contributed by atoms with Crippen molar-refractivity contribution in [3.8, 4) is 5.75 Å². The average Bonchev–Trinajstić information content (AvgIpc) is 3.15. The van der Waals surface area contributed by atoms with Crippen LogP contribution in [0.5, 0.6) is 5.75 Å². The molecule has 3 aromatic rings. The first-order valence-electron chi connectivity index (χ1n) is 8.25. The van der Waals surface area contributed by atoms with E-state index < -0.39 is 10.0 Å². The fourth-order valence-corrected chi connectivity index (χ4v) is 4.42. The molecular weight excluding hydrogens is 464 g/mol. The van der Waals surface area contributed by atoms with Crippen LogP contribution in [0.15, 0.2) is 63.4 Å². The molecule has 1 N–H and O–H groups in total. The van der Waals surface area contributed by atoms with Gasteiger partial charge in [-0.1, -0.05) is 28.1 Å². The minimum atomic E-state index is -3.70. The Morgan fingerprint density at radius 1 is 1.21 bits per heavy atom. The molecule has 0 unspecified atom stereocenters. The molecule has 0 aliphatic carbocycles. The second-order valence-electron chi connectivity index (χ2n) is 6.00. The molecule has 0 radical (unpaired) electrons. The third-order valence-corrected chi connectivity index (χ3v) is 6.88. The fraction of sp³-hybridized carbons (Fsp3) is 0.158. The van der Waals surface area contributed by atoms with Crippen LogP contribution in [0.25, 0.3) is 0 Å². The molecule has 0 saturated heterocycles. The van der Waals surface area contributed by atoms with Gasteiger partial charge in [-0.15, -0.1) is 11.3 Å². The topological polar surface area (TPSA) is 85.4 Å². The van der Waals surface area contributed by atoms with Crippen LogP contribution in [0.2, 0.25) is 0 Å². The minimum absolute atomic E-state index is 0.0489. The van der Waals surface area contributed by atoms with Gasteiger partial charge in [-0.05, 0) is 48.4 Å². The van der Waals surface area contributed by atoms with Crippen LogP contribution in [-0.4, -0.2) is 25.8 Å². The predicted molar refractivity (Wildman–Crippen MR) is 112 cm³/mol. The molecule has 0 fully saturated rings. The molecule has 1 aromatic heterocycles. The maximum atomic E-state index is 12.3. The molecule has 28 heavy (non-hydrogen) atoms. The molecule has 146 valence electrons. The van der Waals surface area contributed by atoms with Gasteiger partial charge in [0.25, 0.3) is 10.0 Å². The van der Waals surface area contributed by atoms with Crippen LogP contribution < -0.4 is 9.46 Å². The summed E-state index contributed by atoms with van der Waals surface area (Å²) >= 11 is 4.62. The van der Waals surface area contributed by atoms with E-state index in [-0.39, 0.29) is 23.7 Å². The van der Waals surface area contributed by atoms with Crippen molar-refractivity contribution < 1.29 is 17.9 Å². The third kappa shape index (κ3) is 5.40. The largest absolute Gasteiger partial charge is 0.486 e. The Morgan fingerprint density at radius 3 is 2.61 bits per heavy atom. The van der Waals surface area contributed by atoms with E-state index >= 15 is 0 Å². The van der Waals surface area contributed by atoms with Crippen LogP contribution in [-0.2, 0) is 21.2 Å². The number of hydrogen-bond acceptors (Lipinski definition) is 6. The Kier molecular flexibility index (Phi) is 6.48. The highest BCUT2D eigenvalue weighted by atomic mass is 79.9. The molecule has 0 spiro atoms. The van der Waals surface area contributed by atoms with Gasteiger partial charge in [0, 0.05) is 22.5 Å². The molecule has 9 heteroatoms. The lowest BCUT2D eigenvalue weighted by atomic mass is 10.1. The summed E-state index contributed by atoms with van der Waals surface area (Å²) in [6.07, 6.45) is 1.69. The van der Waals surface area contributed by atoms with E-state index in [0.717, 1.165) is 10.0 Å². The molecule has 0 saturated carbocycles. The Balaban J connectivity index is 1.57. The number of thiazole rings is 1. The average molecular weight is 481 g/mol. The number of aryl methyl sites for hydroxylation is 1. The summed E-state index contributed by atoms with van der Waals surface area (Å²) in [7, 11) is -3.70. The van der Waals surface area contributed by atoms with Crippen molar-refractivity contribution in [1.29, 1.82) is 0 Å². The first-order valence-corrected chi connectivity index (χ1v) is 11.4. The van der Waals surface area contributed by atoms with Gasteiger partial charge in [-0.3, -0.25) is 9.52 Å². The van der Waals surface area contributed by atoms with Gasteiger partial charge in [-0.25, -0.2) is 13.4 Å². The van der Waals surface area contributed by atoms with Crippen molar-refractivity contribution in [3.63, 3.8) is 0 Å². The highest BCUT2D eigenvalue weighted by molar-refractivity contribution is 9.10. The Labute approximate surface area is 175 Å². The van der Waals surface area contributed by atoms with Crippen molar-refractivity contribution in [2.75, 3.05) is 11.3 Å². The lowest BCUT2D eigenvalue weighted by Gasteiger charge is -2.08. The molecule has 0 aliphatic rings. The van der Waals surface area contributed by atoms with Crippen LogP contribution >= 0.6 is 27.3 Å². The van der Waals surface area contributed by atoms with Crippen LogP contribution in [0.3, 0.4) is 0 Å². The smallest absolute Gasteiger partial charge is 0.263 e. The van der Waals surface area contributed by atoms with Gasteiger partial charge < -0.3 is 4.74 Å². The number of rotatable bonds is 8. The molecule has 1 heterocycles. The zero-order valence-electron chi connectivity index (χ0n) is 14.9. The van der Waals surface area contributed by atoms with Gasteiger partial charge in [0.05, 0.1) is 4.90 Å². The fourth-order valence-electron chi connectivity index (χ4n) is 2.38. The number of Topliss-reactive ketones (excluding diaryl/α,β-unsaturated/α-hetero) is 1. The van der Waals surface area contributed by atoms with Crippen LogP contribution in [0.1, 0.15) is 11.1 Å². The van der Waals surface area contributed by atoms with E-state index in [1.54, 1.807) is 23.6 Å².